The Morgan fingerprint density at radius 3 is 2.47 bits per heavy atom. The molecule has 1 aromatic carbocycles. The summed E-state index contributed by atoms with van der Waals surface area (Å²) in [5.41, 5.74) is 0.962. The number of benzene rings is 1. The Morgan fingerprint density at radius 2 is 1.84 bits per heavy atom. The minimum Gasteiger partial charge on any atom is -0.452 e. The van der Waals surface area contributed by atoms with Crippen molar-refractivity contribution in [2.24, 2.45) is 0 Å². The first-order valence-corrected chi connectivity index (χ1v) is 6.63. The van der Waals surface area contributed by atoms with Crippen LogP contribution in [0.2, 0.25) is 0 Å². The molecule has 0 fully saturated rings. The maximum Gasteiger partial charge on any atom is 0.311 e. The summed E-state index contributed by atoms with van der Waals surface area (Å²) >= 11 is 0. The minimum absolute atomic E-state index is 0.174. The number of esters is 1. The van der Waals surface area contributed by atoms with Gasteiger partial charge >= 0.3 is 5.97 Å². The third-order valence-corrected chi connectivity index (χ3v) is 2.82. The lowest BCUT2D eigenvalue weighted by Gasteiger charge is -2.13. The predicted molar refractivity (Wildman–Crippen MR) is 76.7 cm³/mol. The highest BCUT2D eigenvalue weighted by Gasteiger charge is 2.02. The number of carbonyl (C=O) groups excluding carboxylic acids is 1. The van der Waals surface area contributed by atoms with Crippen molar-refractivity contribution in [1.29, 1.82) is 0 Å². The lowest BCUT2D eigenvalue weighted by molar-refractivity contribution is -0.141. The molecule has 1 rings (SSSR count). The highest BCUT2D eigenvalue weighted by atomic mass is 16.5. The molecule has 0 spiro atoms. The Kier molecular flexibility index (Phi) is 7.38. The normalized spacial score (nSPS) is 9.84. The molecule has 3 heteroatoms. The summed E-state index contributed by atoms with van der Waals surface area (Å²) in [5.74, 6) is 5.64. The van der Waals surface area contributed by atoms with Crippen LogP contribution in [0.3, 0.4) is 0 Å². The third kappa shape index (κ3) is 6.64. The molecule has 0 amide bonds. The molecule has 0 aromatic heterocycles. The van der Waals surface area contributed by atoms with Crippen LogP contribution in [0.4, 0.5) is 0 Å². The van der Waals surface area contributed by atoms with Crippen molar-refractivity contribution in [3.63, 3.8) is 0 Å². The molecule has 0 aliphatic carbocycles. The van der Waals surface area contributed by atoms with Crippen molar-refractivity contribution < 1.29 is 9.53 Å². The largest absolute Gasteiger partial charge is 0.452 e. The Labute approximate surface area is 115 Å². The number of ether oxygens (including phenoxy) is 1. The summed E-state index contributed by atoms with van der Waals surface area (Å²) in [7, 11) is 0. The maximum absolute atomic E-state index is 11.5. The molecule has 0 unspecified atom stereocenters. The highest BCUT2D eigenvalue weighted by molar-refractivity contribution is 5.72. The second kappa shape index (κ2) is 9.18. The predicted octanol–water partition coefficient (Wildman–Crippen LogP) is 2.12. The highest BCUT2D eigenvalue weighted by Crippen LogP contribution is 2.00. The summed E-state index contributed by atoms with van der Waals surface area (Å²) in [6, 6.07) is 9.56. The first-order chi connectivity index (χ1) is 9.26. The molecule has 0 saturated heterocycles. The average Bonchev–Trinajstić information content (AvgIpc) is 2.44. The van der Waals surface area contributed by atoms with Gasteiger partial charge in [-0.05, 0) is 18.7 Å². The van der Waals surface area contributed by atoms with Crippen LogP contribution in [0.1, 0.15) is 19.4 Å². The van der Waals surface area contributed by atoms with E-state index in [9.17, 15) is 4.79 Å². The van der Waals surface area contributed by atoms with E-state index in [1.54, 1.807) is 0 Å². The first-order valence-electron chi connectivity index (χ1n) is 6.63. The van der Waals surface area contributed by atoms with Crippen molar-refractivity contribution in [2.75, 3.05) is 26.2 Å². The van der Waals surface area contributed by atoms with Gasteiger partial charge in [0.2, 0.25) is 0 Å². The zero-order valence-electron chi connectivity index (χ0n) is 11.7. The van der Waals surface area contributed by atoms with E-state index in [1.165, 1.54) is 0 Å². The first kappa shape index (κ1) is 15.3. The van der Waals surface area contributed by atoms with Crippen LogP contribution in [-0.2, 0) is 16.0 Å². The molecule has 0 radical (unpaired) electrons. The van der Waals surface area contributed by atoms with Gasteiger partial charge in [0.1, 0.15) is 0 Å². The van der Waals surface area contributed by atoms with Gasteiger partial charge in [-0.1, -0.05) is 56.0 Å². The van der Waals surface area contributed by atoms with Gasteiger partial charge in [-0.15, -0.1) is 0 Å². The standard InChI is InChI=1S/C16H21NO2/c1-3-17(4-2)12-8-9-13-19-16(18)14-15-10-6-5-7-11-15/h5-7,10-11H,3-4,12-14H2,1-2H3. The molecule has 102 valence electrons. The van der Waals surface area contributed by atoms with Gasteiger partial charge in [-0.3, -0.25) is 9.69 Å². The van der Waals surface area contributed by atoms with Crippen molar-refractivity contribution in [2.45, 2.75) is 20.3 Å². The van der Waals surface area contributed by atoms with Crippen molar-refractivity contribution in [3.05, 3.63) is 35.9 Å². The lowest BCUT2D eigenvalue weighted by atomic mass is 10.2. The second-order valence-corrected chi connectivity index (χ2v) is 4.14. The molecule has 3 nitrogen and oxygen atoms in total. The van der Waals surface area contributed by atoms with Gasteiger partial charge in [-0.25, -0.2) is 0 Å². The van der Waals surface area contributed by atoms with Gasteiger partial charge < -0.3 is 4.74 Å². The van der Waals surface area contributed by atoms with Gasteiger partial charge in [0.05, 0.1) is 13.0 Å². The second-order valence-electron chi connectivity index (χ2n) is 4.14. The summed E-state index contributed by atoms with van der Waals surface area (Å²) in [4.78, 5) is 13.7. The van der Waals surface area contributed by atoms with E-state index >= 15 is 0 Å². The Balaban J connectivity index is 2.22. The Hall–Kier alpha value is -1.79. The zero-order valence-corrected chi connectivity index (χ0v) is 11.7. The number of hydrogen-bond donors (Lipinski definition) is 0. The van der Waals surface area contributed by atoms with Gasteiger partial charge in [0.25, 0.3) is 0 Å². The van der Waals surface area contributed by atoms with E-state index in [0.29, 0.717) is 6.42 Å². The number of hydrogen-bond acceptors (Lipinski definition) is 3. The smallest absolute Gasteiger partial charge is 0.311 e. The average molecular weight is 259 g/mol. The van der Waals surface area contributed by atoms with Gasteiger partial charge in [-0.2, -0.15) is 0 Å². The summed E-state index contributed by atoms with van der Waals surface area (Å²) < 4.78 is 5.06. The van der Waals surface area contributed by atoms with Crippen LogP contribution in [0, 0.1) is 11.8 Å². The van der Waals surface area contributed by atoms with E-state index in [-0.39, 0.29) is 12.6 Å². The molecule has 0 atom stereocenters. The molecule has 1 aromatic rings. The van der Waals surface area contributed by atoms with E-state index in [0.717, 1.165) is 25.2 Å². The number of carbonyl (C=O) groups is 1. The maximum atomic E-state index is 11.5. The monoisotopic (exact) mass is 259 g/mol. The quantitative estimate of drug-likeness (QED) is 0.579. The molecule has 0 aliphatic rings. The number of rotatable bonds is 6. The van der Waals surface area contributed by atoms with Crippen molar-refractivity contribution in [1.82, 2.24) is 4.90 Å². The Morgan fingerprint density at radius 1 is 1.16 bits per heavy atom. The fourth-order valence-corrected chi connectivity index (χ4v) is 1.60. The van der Waals surface area contributed by atoms with Crippen LogP contribution in [-0.4, -0.2) is 37.1 Å². The van der Waals surface area contributed by atoms with Crippen LogP contribution < -0.4 is 0 Å². The SMILES string of the molecule is CCN(CC)CC#CCOC(=O)Cc1ccccc1. The number of nitrogens with zero attached hydrogens (tertiary/aromatic N) is 1. The summed E-state index contributed by atoms with van der Waals surface area (Å²) in [6.07, 6.45) is 0.304. The third-order valence-electron chi connectivity index (χ3n) is 2.82. The molecular weight excluding hydrogens is 238 g/mol. The van der Waals surface area contributed by atoms with Crippen LogP contribution in [0.15, 0.2) is 30.3 Å². The fraction of sp³-hybridized carbons (Fsp3) is 0.438. The molecule has 19 heavy (non-hydrogen) atoms. The molecule has 0 bridgehead atoms. The fourth-order valence-electron chi connectivity index (χ4n) is 1.60. The molecule has 0 N–H and O–H groups in total. The van der Waals surface area contributed by atoms with E-state index in [2.05, 4.69) is 30.6 Å². The topological polar surface area (TPSA) is 29.5 Å². The molecule has 0 saturated carbocycles. The summed E-state index contributed by atoms with van der Waals surface area (Å²) in [6.45, 7) is 7.07. The lowest BCUT2D eigenvalue weighted by Crippen LogP contribution is -2.23. The molecule has 0 heterocycles. The van der Waals surface area contributed by atoms with Crippen LogP contribution in [0.5, 0.6) is 0 Å². The van der Waals surface area contributed by atoms with E-state index < -0.39 is 0 Å². The van der Waals surface area contributed by atoms with Gasteiger partial charge in [0.15, 0.2) is 6.61 Å². The minimum atomic E-state index is -0.233. The van der Waals surface area contributed by atoms with Crippen LogP contribution >= 0.6 is 0 Å². The Bertz CT molecular complexity index is 427. The summed E-state index contributed by atoms with van der Waals surface area (Å²) in [5, 5.41) is 0. The van der Waals surface area contributed by atoms with E-state index in [4.69, 9.17) is 4.74 Å². The van der Waals surface area contributed by atoms with Crippen molar-refractivity contribution >= 4 is 5.97 Å². The molecule has 0 aliphatic heterocycles. The van der Waals surface area contributed by atoms with Gasteiger partial charge in [0, 0.05) is 0 Å². The molecular formula is C16H21NO2. The zero-order chi connectivity index (χ0) is 13.9. The van der Waals surface area contributed by atoms with Crippen LogP contribution in [0.25, 0.3) is 0 Å². The van der Waals surface area contributed by atoms with Crippen molar-refractivity contribution in [3.8, 4) is 11.8 Å². The van der Waals surface area contributed by atoms with E-state index in [1.807, 2.05) is 30.3 Å².